The molecule has 0 spiro atoms. The number of ether oxygens (including phenoxy) is 2. The van der Waals surface area contributed by atoms with Crippen molar-refractivity contribution in [3.8, 4) is 11.3 Å². The molecule has 0 saturated heterocycles. The third-order valence-electron chi connectivity index (χ3n) is 4.86. The van der Waals surface area contributed by atoms with E-state index in [1.165, 1.54) is 6.92 Å². The number of hydrogen-bond acceptors (Lipinski definition) is 6. The van der Waals surface area contributed by atoms with Crippen LogP contribution in [-0.4, -0.2) is 38.6 Å². The molecular weight excluding hydrogens is 406 g/mol. The van der Waals surface area contributed by atoms with Crippen molar-refractivity contribution in [1.82, 2.24) is 14.6 Å². The van der Waals surface area contributed by atoms with Gasteiger partial charge in [-0.1, -0.05) is 36.9 Å². The van der Waals surface area contributed by atoms with Gasteiger partial charge in [-0.25, -0.2) is 14.3 Å². The fourth-order valence-corrected chi connectivity index (χ4v) is 3.57. The van der Waals surface area contributed by atoms with Gasteiger partial charge in [0, 0.05) is 29.8 Å². The molecule has 7 nitrogen and oxygen atoms in total. The first-order chi connectivity index (χ1) is 15.1. The number of rotatable bonds is 7. The SMILES string of the molecule is C=Cc1ccccc1-c1c([C@H](OC(C)(C)C)C(=O)OCC)c(C)nc2cc(C(C)=O)nn12. The van der Waals surface area contributed by atoms with Crippen molar-refractivity contribution >= 4 is 23.5 Å². The molecule has 0 bridgehead atoms. The Morgan fingerprint density at radius 2 is 1.94 bits per heavy atom. The Kier molecular flexibility index (Phi) is 6.60. The quantitative estimate of drug-likeness (QED) is 0.385. The number of ketones is 1. The lowest BCUT2D eigenvalue weighted by molar-refractivity contribution is -0.166. The number of nitrogens with zero attached hydrogens (tertiary/aromatic N) is 3. The molecule has 3 rings (SSSR count). The van der Waals surface area contributed by atoms with Gasteiger partial charge in [0.05, 0.1) is 17.9 Å². The zero-order valence-electron chi connectivity index (χ0n) is 19.4. The largest absolute Gasteiger partial charge is 0.464 e. The Morgan fingerprint density at radius 1 is 1.25 bits per heavy atom. The molecule has 0 aliphatic rings. The summed E-state index contributed by atoms with van der Waals surface area (Å²) in [6.07, 6.45) is 0.699. The van der Waals surface area contributed by atoms with Gasteiger partial charge in [0.2, 0.25) is 0 Å². The van der Waals surface area contributed by atoms with Gasteiger partial charge >= 0.3 is 5.97 Å². The summed E-state index contributed by atoms with van der Waals surface area (Å²) >= 11 is 0. The van der Waals surface area contributed by atoms with E-state index >= 15 is 0 Å². The average Bonchev–Trinajstić information content (AvgIpc) is 3.14. The summed E-state index contributed by atoms with van der Waals surface area (Å²) in [4.78, 5) is 29.8. The molecule has 2 aromatic heterocycles. The molecule has 0 aliphatic heterocycles. The van der Waals surface area contributed by atoms with Gasteiger partial charge in [-0.2, -0.15) is 5.10 Å². The highest BCUT2D eigenvalue weighted by molar-refractivity contribution is 5.93. The van der Waals surface area contributed by atoms with Crippen LogP contribution in [0.15, 0.2) is 36.9 Å². The molecule has 0 amide bonds. The highest BCUT2D eigenvalue weighted by Gasteiger charge is 2.34. The maximum atomic E-state index is 13.1. The number of Topliss-reactive ketones (excluding diaryl/α,β-unsaturated/α-hetero) is 1. The van der Waals surface area contributed by atoms with Crippen LogP contribution in [-0.2, 0) is 14.3 Å². The van der Waals surface area contributed by atoms with E-state index in [9.17, 15) is 9.59 Å². The van der Waals surface area contributed by atoms with E-state index in [-0.39, 0.29) is 18.1 Å². The second kappa shape index (κ2) is 9.04. The van der Waals surface area contributed by atoms with Crippen LogP contribution in [0.5, 0.6) is 0 Å². The molecule has 0 radical (unpaired) electrons. The predicted octanol–water partition coefficient (Wildman–Crippen LogP) is 4.97. The molecule has 1 aromatic carbocycles. The number of carbonyl (C=O) groups excluding carboxylic acids is 2. The van der Waals surface area contributed by atoms with Crippen molar-refractivity contribution in [3.63, 3.8) is 0 Å². The molecule has 2 heterocycles. The van der Waals surface area contributed by atoms with Gasteiger partial charge in [0.15, 0.2) is 17.5 Å². The molecule has 0 N–H and O–H groups in total. The Hall–Kier alpha value is -3.32. The molecule has 7 heteroatoms. The van der Waals surface area contributed by atoms with E-state index in [1.807, 2.05) is 52.0 Å². The minimum atomic E-state index is -1.04. The summed E-state index contributed by atoms with van der Waals surface area (Å²) in [5, 5.41) is 4.51. The van der Waals surface area contributed by atoms with Crippen LogP contribution in [0.3, 0.4) is 0 Å². The second-order valence-corrected chi connectivity index (χ2v) is 8.47. The minimum absolute atomic E-state index is 0.175. The fraction of sp³-hybridized carbons (Fsp3) is 0.360. The van der Waals surface area contributed by atoms with Crippen LogP contribution in [0.1, 0.15) is 68.0 Å². The van der Waals surface area contributed by atoms with E-state index in [1.54, 1.807) is 23.6 Å². The van der Waals surface area contributed by atoms with Crippen LogP contribution in [0.25, 0.3) is 23.0 Å². The summed E-state index contributed by atoms with van der Waals surface area (Å²) < 4.78 is 13.2. The van der Waals surface area contributed by atoms with E-state index < -0.39 is 17.7 Å². The maximum Gasteiger partial charge on any atom is 0.340 e. The Morgan fingerprint density at radius 3 is 2.53 bits per heavy atom. The first-order valence-electron chi connectivity index (χ1n) is 10.5. The van der Waals surface area contributed by atoms with Gasteiger partial charge in [-0.3, -0.25) is 4.79 Å². The minimum Gasteiger partial charge on any atom is -0.464 e. The molecule has 1 atom stereocenters. The van der Waals surface area contributed by atoms with E-state index in [4.69, 9.17) is 9.47 Å². The van der Waals surface area contributed by atoms with Crippen molar-refractivity contribution in [2.75, 3.05) is 6.61 Å². The fourth-order valence-electron chi connectivity index (χ4n) is 3.57. The van der Waals surface area contributed by atoms with Gasteiger partial charge < -0.3 is 9.47 Å². The first-order valence-corrected chi connectivity index (χ1v) is 10.5. The zero-order valence-corrected chi connectivity index (χ0v) is 19.4. The topological polar surface area (TPSA) is 82.8 Å². The third kappa shape index (κ3) is 4.62. The molecule has 32 heavy (non-hydrogen) atoms. The van der Waals surface area contributed by atoms with Gasteiger partial charge in [0.25, 0.3) is 0 Å². The second-order valence-electron chi connectivity index (χ2n) is 8.47. The van der Waals surface area contributed by atoms with Crippen molar-refractivity contribution in [3.05, 3.63) is 59.4 Å². The summed E-state index contributed by atoms with van der Waals surface area (Å²) in [6.45, 7) is 14.8. The van der Waals surface area contributed by atoms with Crippen molar-refractivity contribution in [2.45, 2.75) is 53.2 Å². The lowest BCUT2D eigenvalue weighted by Gasteiger charge is -2.29. The predicted molar refractivity (Wildman–Crippen MR) is 123 cm³/mol. The van der Waals surface area contributed by atoms with E-state index in [0.717, 1.165) is 11.1 Å². The van der Waals surface area contributed by atoms with Gasteiger partial charge in [-0.05, 0) is 40.2 Å². The molecule has 168 valence electrons. The van der Waals surface area contributed by atoms with Gasteiger partial charge in [-0.15, -0.1) is 0 Å². The smallest absolute Gasteiger partial charge is 0.340 e. The van der Waals surface area contributed by atoms with E-state index in [0.29, 0.717) is 22.6 Å². The number of hydrogen-bond donors (Lipinski definition) is 0. The number of aryl methyl sites for hydroxylation is 1. The summed E-state index contributed by atoms with van der Waals surface area (Å²) in [7, 11) is 0. The highest BCUT2D eigenvalue weighted by Crippen LogP contribution is 2.37. The summed E-state index contributed by atoms with van der Waals surface area (Å²) in [5.41, 5.74) is 3.53. The first kappa shape index (κ1) is 23.3. The van der Waals surface area contributed by atoms with Crippen molar-refractivity contribution in [2.24, 2.45) is 0 Å². The monoisotopic (exact) mass is 435 g/mol. The Balaban J connectivity index is 2.45. The number of carbonyl (C=O) groups is 2. The van der Waals surface area contributed by atoms with Crippen LogP contribution in [0.2, 0.25) is 0 Å². The third-order valence-corrected chi connectivity index (χ3v) is 4.86. The van der Waals surface area contributed by atoms with Crippen molar-refractivity contribution in [1.29, 1.82) is 0 Å². The van der Waals surface area contributed by atoms with Crippen LogP contribution in [0.4, 0.5) is 0 Å². The molecule has 0 aliphatic carbocycles. The Labute approximate surface area is 188 Å². The number of benzene rings is 1. The standard InChI is InChI=1S/C25H29N3O4/c1-8-17-12-10-11-13-18(17)22-21(23(24(30)31-9-2)32-25(5,6)7)15(3)26-20-14-19(16(4)29)27-28(20)22/h8,10-14,23H,1,9H2,2-7H3/t23-/m0/s1. The summed E-state index contributed by atoms with van der Waals surface area (Å²) in [6, 6.07) is 9.29. The van der Waals surface area contributed by atoms with Crippen molar-refractivity contribution < 1.29 is 19.1 Å². The average molecular weight is 436 g/mol. The Bertz CT molecular complexity index is 1190. The lowest BCUT2D eigenvalue weighted by atomic mass is 9.95. The molecule has 0 saturated carbocycles. The van der Waals surface area contributed by atoms with Crippen LogP contribution < -0.4 is 0 Å². The van der Waals surface area contributed by atoms with Crippen LogP contribution >= 0.6 is 0 Å². The maximum absolute atomic E-state index is 13.1. The molecule has 0 fully saturated rings. The zero-order chi connectivity index (χ0) is 23.6. The lowest BCUT2D eigenvalue weighted by Crippen LogP contribution is -2.30. The number of esters is 1. The molecule has 3 aromatic rings. The van der Waals surface area contributed by atoms with Gasteiger partial charge in [0.1, 0.15) is 5.69 Å². The molecule has 0 unspecified atom stereocenters. The normalized spacial score (nSPS) is 12.6. The summed E-state index contributed by atoms with van der Waals surface area (Å²) in [5.74, 6) is -0.687. The van der Waals surface area contributed by atoms with Crippen LogP contribution in [0, 0.1) is 6.92 Å². The number of fused-ring (bicyclic) bond motifs is 1. The number of aromatic nitrogens is 3. The highest BCUT2D eigenvalue weighted by atomic mass is 16.6. The van der Waals surface area contributed by atoms with E-state index in [2.05, 4.69) is 16.7 Å². The molecular formula is C25H29N3O4.